The molecule has 28 heavy (non-hydrogen) atoms. The Morgan fingerprint density at radius 1 is 0.964 bits per heavy atom. The lowest BCUT2D eigenvalue weighted by molar-refractivity contribution is -0.116. The van der Waals surface area contributed by atoms with Crippen molar-refractivity contribution >= 4 is 29.1 Å². The predicted molar refractivity (Wildman–Crippen MR) is 102 cm³/mol. The van der Waals surface area contributed by atoms with Gasteiger partial charge in [-0.3, -0.25) is 14.4 Å². The molecule has 2 rings (SSSR count). The number of amides is 3. The Bertz CT molecular complexity index is 900. The molecule has 0 heterocycles. The van der Waals surface area contributed by atoms with Gasteiger partial charge in [-0.15, -0.1) is 0 Å². The Labute approximate surface area is 161 Å². The van der Waals surface area contributed by atoms with Crippen LogP contribution >= 0.6 is 0 Å². The predicted octanol–water partition coefficient (Wildman–Crippen LogP) is 3.38. The Kier molecular flexibility index (Phi) is 7.20. The van der Waals surface area contributed by atoms with Crippen LogP contribution in [0.4, 0.5) is 20.2 Å². The van der Waals surface area contributed by atoms with Crippen molar-refractivity contribution in [1.29, 1.82) is 0 Å². The zero-order valence-corrected chi connectivity index (χ0v) is 15.6. The third-order valence-corrected chi connectivity index (χ3v) is 3.93. The number of aryl methyl sites for hydroxylation is 1. The van der Waals surface area contributed by atoms with Crippen LogP contribution in [0.15, 0.2) is 36.4 Å². The highest BCUT2D eigenvalue weighted by atomic mass is 19.1. The summed E-state index contributed by atoms with van der Waals surface area (Å²) in [7, 11) is 0. The first kappa shape index (κ1) is 21.0. The summed E-state index contributed by atoms with van der Waals surface area (Å²) in [6.45, 7) is 3.52. The summed E-state index contributed by atoms with van der Waals surface area (Å²) in [5.74, 6) is -2.98. The topological polar surface area (TPSA) is 87.3 Å². The normalized spacial score (nSPS) is 10.3. The van der Waals surface area contributed by atoms with Crippen molar-refractivity contribution in [1.82, 2.24) is 5.32 Å². The van der Waals surface area contributed by atoms with Crippen molar-refractivity contribution in [2.45, 2.75) is 26.7 Å². The average molecular weight is 389 g/mol. The fraction of sp³-hybridized carbons (Fsp3) is 0.250. The molecule has 0 unspecified atom stereocenters. The van der Waals surface area contributed by atoms with Gasteiger partial charge in [0, 0.05) is 36.8 Å². The maximum absolute atomic E-state index is 13.6. The molecule has 3 amide bonds. The molecule has 6 nitrogen and oxygen atoms in total. The monoisotopic (exact) mass is 389 g/mol. The van der Waals surface area contributed by atoms with Crippen LogP contribution in [-0.4, -0.2) is 24.3 Å². The summed E-state index contributed by atoms with van der Waals surface area (Å²) in [5, 5.41) is 7.83. The van der Waals surface area contributed by atoms with Gasteiger partial charge >= 0.3 is 0 Å². The Hall–Kier alpha value is -3.29. The SMILES string of the molecule is CCC(=O)Nc1ccc(C)c(NC(=O)CCNC(=O)c2ccc(F)cc2F)c1. The van der Waals surface area contributed by atoms with Crippen molar-refractivity contribution in [3.05, 3.63) is 59.2 Å². The molecule has 0 aliphatic carbocycles. The first-order valence-electron chi connectivity index (χ1n) is 8.73. The van der Waals surface area contributed by atoms with E-state index >= 15 is 0 Å². The van der Waals surface area contributed by atoms with Gasteiger partial charge in [0.25, 0.3) is 5.91 Å². The summed E-state index contributed by atoms with van der Waals surface area (Å²) in [6, 6.07) is 7.79. The highest BCUT2D eigenvalue weighted by Gasteiger charge is 2.13. The molecule has 148 valence electrons. The van der Waals surface area contributed by atoms with E-state index in [1.807, 2.05) is 0 Å². The molecule has 8 heteroatoms. The second kappa shape index (κ2) is 9.59. The van der Waals surface area contributed by atoms with E-state index in [9.17, 15) is 23.2 Å². The van der Waals surface area contributed by atoms with E-state index in [1.165, 1.54) is 0 Å². The number of benzene rings is 2. The van der Waals surface area contributed by atoms with Crippen LogP contribution in [0.1, 0.15) is 35.7 Å². The van der Waals surface area contributed by atoms with Crippen LogP contribution in [0.3, 0.4) is 0 Å². The van der Waals surface area contributed by atoms with Crippen LogP contribution in [0.5, 0.6) is 0 Å². The van der Waals surface area contributed by atoms with Gasteiger partial charge in [0.2, 0.25) is 11.8 Å². The molecular formula is C20H21F2N3O3. The average Bonchev–Trinajstić information content (AvgIpc) is 2.64. The molecule has 0 bridgehead atoms. The minimum atomic E-state index is -0.969. The highest BCUT2D eigenvalue weighted by molar-refractivity contribution is 5.96. The van der Waals surface area contributed by atoms with E-state index in [1.54, 1.807) is 32.0 Å². The van der Waals surface area contributed by atoms with Crippen LogP contribution < -0.4 is 16.0 Å². The van der Waals surface area contributed by atoms with Crippen LogP contribution in [0, 0.1) is 18.6 Å². The standard InChI is InChI=1S/C20H21F2N3O3/c1-3-18(26)24-14-6-4-12(2)17(11-14)25-19(27)8-9-23-20(28)15-7-5-13(21)10-16(15)22/h4-7,10-11H,3,8-9H2,1-2H3,(H,23,28)(H,24,26)(H,25,27). The summed E-state index contributed by atoms with van der Waals surface area (Å²) in [6.07, 6.45) is 0.295. The van der Waals surface area contributed by atoms with E-state index in [0.29, 0.717) is 23.9 Å². The molecule has 0 fully saturated rings. The van der Waals surface area contributed by atoms with E-state index in [2.05, 4.69) is 16.0 Å². The van der Waals surface area contributed by atoms with Crippen molar-refractivity contribution in [3.8, 4) is 0 Å². The zero-order valence-electron chi connectivity index (χ0n) is 15.6. The number of halogens is 2. The summed E-state index contributed by atoms with van der Waals surface area (Å²) >= 11 is 0. The lowest BCUT2D eigenvalue weighted by Gasteiger charge is -2.12. The lowest BCUT2D eigenvalue weighted by atomic mass is 10.1. The summed E-state index contributed by atoms with van der Waals surface area (Å²) in [5.41, 5.74) is 1.61. The zero-order chi connectivity index (χ0) is 20.7. The molecule has 2 aromatic rings. The van der Waals surface area contributed by atoms with Crippen molar-refractivity contribution in [2.75, 3.05) is 17.2 Å². The van der Waals surface area contributed by atoms with Crippen molar-refractivity contribution in [2.24, 2.45) is 0 Å². The third-order valence-electron chi connectivity index (χ3n) is 3.93. The maximum atomic E-state index is 13.6. The lowest BCUT2D eigenvalue weighted by Crippen LogP contribution is -2.28. The molecule has 2 aromatic carbocycles. The van der Waals surface area contributed by atoms with Gasteiger partial charge in [-0.25, -0.2) is 8.78 Å². The second-order valence-electron chi connectivity index (χ2n) is 6.11. The van der Waals surface area contributed by atoms with Crippen molar-refractivity contribution < 1.29 is 23.2 Å². The number of rotatable bonds is 7. The van der Waals surface area contributed by atoms with Crippen LogP contribution in [0.25, 0.3) is 0 Å². The Morgan fingerprint density at radius 2 is 1.71 bits per heavy atom. The first-order valence-corrected chi connectivity index (χ1v) is 8.73. The van der Waals surface area contributed by atoms with E-state index in [4.69, 9.17) is 0 Å². The van der Waals surface area contributed by atoms with Gasteiger partial charge in [-0.2, -0.15) is 0 Å². The highest BCUT2D eigenvalue weighted by Crippen LogP contribution is 2.20. The van der Waals surface area contributed by atoms with E-state index in [0.717, 1.165) is 17.7 Å². The van der Waals surface area contributed by atoms with Gasteiger partial charge < -0.3 is 16.0 Å². The van der Waals surface area contributed by atoms with Crippen LogP contribution in [0.2, 0.25) is 0 Å². The molecular weight excluding hydrogens is 368 g/mol. The molecule has 0 saturated heterocycles. The number of carbonyl (C=O) groups excluding carboxylic acids is 3. The smallest absolute Gasteiger partial charge is 0.254 e. The fourth-order valence-electron chi connectivity index (χ4n) is 2.35. The minimum absolute atomic E-state index is 0.0210. The summed E-state index contributed by atoms with van der Waals surface area (Å²) < 4.78 is 26.4. The molecule has 0 saturated carbocycles. The molecule has 0 aromatic heterocycles. The second-order valence-corrected chi connectivity index (χ2v) is 6.11. The third kappa shape index (κ3) is 5.87. The van der Waals surface area contributed by atoms with Crippen LogP contribution in [-0.2, 0) is 9.59 Å². The Morgan fingerprint density at radius 3 is 2.39 bits per heavy atom. The molecule has 3 N–H and O–H groups in total. The van der Waals surface area contributed by atoms with Gasteiger partial charge in [-0.05, 0) is 36.8 Å². The van der Waals surface area contributed by atoms with E-state index in [-0.39, 0.29) is 30.3 Å². The molecule has 0 spiro atoms. The molecule has 0 aliphatic rings. The first-order chi connectivity index (χ1) is 13.3. The fourth-order valence-corrected chi connectivity index (χ4v) is 2.35. The molecule has 0 aliphatic heterocycles. The minimum Gasteiger partial charge on any atom is -0.351 e. The quantitative estimate of drug-likeness (QED) is 0.678. The number of hydrogen-bond donors (Lipinski definition) is 3. The number of carbonyl (C=O) groups is 3. The van der Waals surface area contributed by atoms with E-state index < -0.39 is 17.5 Å². The number of hydrogen-bond acceptors (Lipinski definition) is 3. The van der Waals surface area contributed by atoms with Gasteiger partial charge in [0.15, 0.2) is 0 Å². The van der Waals surface area contributed by atoms with Gasteiger partial charge in [0.05, 0.1) is 5.56 Å². The van der Waals surface area contributed by atoms with Crippen molar-refractivity contribution in [3.63, 3.8) is 0 Å². The number of anilines is 2. The summed E-state index contributed by atoms with van der Waals surface area (Å²) in [4.78, 5) is 35.5. The Balaban J connectivity index is 1.89. The molecule has 0 atom stereocenters. The molecule has 0 radical (unpaired) electrons. The van der Waals surface area contributed by atoms with Gasteiger partial charge in [0.1, 0.15) is 11.6 Å². The largest absolute Gasteiger partial charge is 0.351 e. The number of nitrogens with one attached hydrogen (secondary N) is 3. The van der Waals surface area contributed by atoms with Gasteiger partial charge in [-0.1, -0.05) is 13.0 Å². The maximum Gasteiger partial charge on any atom is 0.254 e.